The molecule has 2 aromatic heterocycles. The van der Waals surface area contributed by atoms with E-state index in [1.54, 1.807) is 0 Å². The number of nitrogens with zero attached hydrogens (tertiary/aromatic N) is 10. The summed E-state index contributed by atoms with van der Waals surface area (Å²) in [6.45, 7) is 8.04. The summed E-state index contributed by atoms with van der Waals surface area (Å²) in [5, 5.41) is 17.9. The summed E-state index contributed by atoms with van der Waals surface area (Å²) in [4.78, 5) is 4.88. The van der Waals surface area contributed by atoms with Crippen LogP contribution in [-0.2, 0) is 28.2 Å². The molecule has 0 unspecified atom stereocenters. The number of piperazine rings is 1. The van der Waals surface area contributed by atoms with Gasteiger partial charge in [0, 0.05) is 47.8 Å². The predicted molar refractivity (Wildman–Crippen MR) is 148 cm³/mol. The molecule has 0 bridgehead atoms. The van der Waals surface area contributed by atoms with Crippen LogP contribution in [0.1, 0.15) is 11.1 Å². The lowest BCUT2D eigenvalue weighted by Crippen LogP contribution is -2.46. The Hall–Kier alpha value is -4.34. The maximum atomic E-state index is 4.50. The fourth-order valence-corrected chi connectivity index (χ4v) is 4.76. The number of azo groups is 2. The molecule has 0 saturated carbocycles. The molecule has 0 atom stereocenters. The van der Waals surface area contributed by atoms with Gasteiger partial charge in [-0.25, -0.2) is 18.3 Å². The molecule has 0 aliphatic carbocycles. The van der Waals surface area contributed by atoms with E-state index >= 15 is 0 Å². The van der Waals surface area contributed by atoms with Gasteiger partial charge in [0.1, 0.15) is 11.4 Å². The molecule has 38 heavy (non-hydrogen) atoms. The molecule has 5 rings (SSSR count). The standard InChI is InChI=1S/C28H36N10/c1-21-19-23(7-9-25(21)29-31-27-33(3)11-12-34(27)4)37-15-17-38(18-16-37)24-8-10-26(22(2)20-24)30-32-28-35(5)13-14-36(28)6/h7-14,19-20H,15-18H2,1-6H3/q+2. The SMILES string of the molecule is Cc1cc(N2CCN(c3ccc(N=Nc4n(C)cc[n+]4C)c(C)c3)CC2)ccc1N=Nc1n(C)cc[n+]1C. The minimum Gasteiger partial charge on any atom is -0.368 e. The van der Waals surface area contributed by atoms with Crippen LogP contribution in [0.15, 0.2) is 81.6 Å². The van der Waals surface area contributed by atoms with Gasteiger partial charge in [-0.2, -0.15) is 0 Å². The third-order valence-corrected chi connectivity index (χ3v) is 7.15. The number of hydrogen-bond acceptors (Lipinski definition) is 6. The Kier molecular flexibility index (Phi) is 7.04. The molecule has 10 heteroatoms. The van der Waals surface area contributed by atoms with Crippen LogP contribution in [0.25, 0.3) is 0 Å². The highest BCUT2D eigenvalue weighted by Gasteiger charge is 2.19. The molecule has 196 valence electrons. The summed E-state index contributed by atoms with van der Waals surface area (Å²) in [5.41, 5.74) is 6.48. The first-order chi connectivity index (χ1) is 18.3. The van der Waals surface area contributed by atoms with Crippen LogP contribution in [0.2, 0.25) is 0 Å². The second kappa shape index (κ2) is 10.6. The highest BCUT2D eigenvalue weighted by Crippen LogP contribution is 2.29. The van der Waals surface area contributed by atoms with E-state index in [0.29, 0.717) is 0 Å². The van der Waals surface area contributed by atoms with Crippen molar-refractivity contribution >= 4 is 34.6 Å². The van der Waals surface area contributed by atoms with Crippen molar-refractivity contribution in [3.63, 3.8) is 0 Å². The van der Waals surface area contributed by atoms with Crippen LogP contribution in [-0.4, -0.2) is 35.3 Å². The fourth-order valence-electron chi connectivity index (χ4n) is 4.76. The summed E-state index contributed by atoms with van der Waals surface area (Å²) in [5.74, 6) is 1.61. The number of aromatic nitrogens is 4. The molecule has 1 fully saturated rings. The van der Waals surface area contributed by atoms with Gasteiger partial charge in [0.15, 0.2) is 0 Å². The van der Waals surface area contributed by atoms with Crippen molar-refractivity contribution in [2.24, 2.45) is 48.6 Å². The summed E-state index contributed by atoms with van der Waals surface area (Å²) in [6.07, 6.45) is 7.88. The lowest BCUT2D eigenvalue weighted by Gasteiger charge is -2.37. The Labute approximate surface area is 223 Å². The molecule has 3 heterocycles. The molecular formula is C28H36N10+2. The summed E-state index contributed by atoms with van der Waals surface area (Å²) >= 11 is 0. The quantitative estimate of drug-likeness (QED) is 0.275. The van der Waals surface area contributed by atoms with Crippen molar-refractivity contribution in [2.75, 3.05) is 36.0 Å². The van der Waals surface area contributed by atoms with Crippen LogP contribution in [0.3, 0.4) is 0 Å². The van der Waals surface area contributed by atoms with Gasteiger partial charge in [-0.3, -0.25) is 0 Å². The van der Waals surface area contributed by atoms with E-state index in [2.05, 4.69) is 80.5 Å². The smallest absolute Gasteiger partial charge is 0.368 e. The molecule has 2 aromatic carbocycles. The Balaban J connectivity index is 1.22. The number of hydrogen-bond donors (Lipinski definition) is 0. The predicted octanol–water partition coefficient (Wildman–Crippen LogP) is 4.79. The minimum absolute atomic E-state index is 0.807. The second-order valence-corrected chi connectivity index (χ2v) is 9.96. The van der Waals surface area contributed by atoms with E-state index in [1.165, 1.54) is 11.4 Å². The number of aryl methyl sites for hydroxylation is 6. The second-order valence-electron chi connectivity index (χ2n) is 9.96. The first kappa shape index (κ1) is 25.3. The summed E-state index contributed by atoms with van der Waals surface area (Å²) in [7, 11) is 7.88. The van der Waals surface area contributed by atoms with E-state index in [0.717, 1.165) is 60.6 Å². The molecule has 0 spiro atoms. The fraction of sp³-hybridized carbons (Fsp3) is 0.357. The van der Waals surface area contributed by atoms with E-state index in [-0.39, 0.29) is 0 Å². The largest absolute Gasteiger partial charge is 0.421 e. The Morgan fingerprint density at radius 2 is 1.00 bits per heavy atom. The van der Waals surface area contributed by atoms with Gasteiger partial charge in [-0.1, -0.05) is 10.2 Å². The Bertz CT molecular complexity index is 1350. The minimum atomic E-state index is 0.807. The Morgan fingerprint density at radius 3 is 1.32 bits per heavy atom. The third-order valence-electron chi connectivity index (χ3n) is 7.15. The summed E-state index contributed by atoms with van der Waals surface area (Å²) < 4.78 is 7.82. The highest BCUT2D eigenvalue weighted by atomic mass is 15.3. The first-order valence-corrected chi connectivity index (χ1v) is 12.9. The molecule has 1 saturated heterocycles. The van der Waals surface area contributed by atoms with Gasteiger partial charge in [0.05, 0.1) is 53.0 Å². The molecule has 0 radical (unpaired) electrons. The van der Waals surface area contributed by atoms with Crippen LogP contribution in [0.5, 0.6) is 0 Å². The lowest BCUT2D eigenvalue weighted by atomic mass is 10.1. The van der Waals surface area contributed by atoms with Gasteiger partial charge in [-0.15, -0.1) is 0 Å². The van der Waals surface area contributed by atoms with Crippen molar-refractivity contribution in [3.8, 4) is 0 Å². The van der Waals surface area contributed by atoms with Crippen molar-refractivity contribution in [1.82, 2.24) is 9.13 Å². The van der Waals surface area contributed by atoms with Crippen molar-refractivity contribution in [2.45, 2.75) is 13.8 Å². The van der Waals surface area contributed by atoms with Gasteiger partial charge in [-0.05, 0) is 61.4 Å². The van der Waals surface area contributed by atoms with E-state index in [9.17, 15) is 0 Å². The maximum Gasteiger partial charge on any atom is 0.421 e. The van der Waals surface area contributed by atoms with Crippen LogP contribution >= 0.6 is 0 Å². The third kappa shape index (κ3) is 5.20. The van der Waals surface area contributed by atoms with Crippen LogP contribution in [0, 0.1) is 13.8 Å². The van der Waals surface area contributed by atoms with Crippen molar-refractivity contribution in [1.29, 1.82) is 0 Å². The van der Waals surface area contributed by atoms with Crippen molar-refractivity contribution < 1.29 is 9.13 Å². The van der Waals surface area contributed by atoms with Gasteiger partial charge in [0.2, 0.25) is 0 Å². The average molecular weight is 513 g/mol. The van der Waals surface area contributed by atoms with E-state index in [1.807, 2.05) is 71.2 Å². The zero-order valence-electron chi connectivity index (χ0n) is 23.1. The first-order valence-electron chi connectivity index (χ1n) is 12.9. The van der Waals surface area contributed by atoms with E-state index in [4.69, 9.17) is 0 Å². The molecule has 1 aliphatic heterocycles. The van der Waals surface area contributed by atoms with Gasteiger partial charge in [0.25, 0.3) is 0 Å². The topological polar surface area (TPSA) is 73.5 Å². The number of anilines is 2. The van der Waals surface area contributed by atoms with Gasteiger partial charge < -0.3 is 9.80 Å². The number of imidazole rings is 2. The Morgan fingerprint density at radius 1 is 0.605 bits per heavy atom. The summed E-state index contributed by atoms with van der Waals surface area (Å²) in [6, 6.07) is 12.9. The monoisotopic (exact) mass is 512 g/mol. The molecule has 4 aromatic rings. The molecule has 1 aliphatic rings. The zero-order chi connectivity index (χ0) is 26.8. The molecule has 0 N–H and O–H groups in total. The number of rotatable bonds is 6. The molecular weight excluding hydrogens is 476 g/mol. The highest BCUT2D eigenvalue weighted by molar-refractivity contribution is 5.61. The van der Waals surface area contributed by atoms with Crippen LogP contribution < -0.4 is 18.9 Å². The van der Waals surface area contributed by atoms with E-state index < -0.39 is 0 Å². The molecule has 10 nitrogen and oxygen atoms in total. The molecule has 0 amide bonds. The van der Waals surface area contributed by atoms with Gasteiger partial charge >= 0.3 is 11.9 Å². The lowest BCUT2D eigenvalue weighted by molar-refractivity contribution is -0.657. The normalized spacial score (nSPS) is 14.4. The maximum absolute atomic E-state index is 4.50. The average Bonchev–Trinajstić information content (AvgIpc) is 3.41. The van der Waals surface area contributed by atoms with Crippen LogP contribution in [0.4, 0.5) is 34.6 Å². The van der Waals surface area contributed by atoms with Crippen molar-refractivity contribution in [3.05, 3.63) is 72.3 Å². The number of benzene rings is 2. The zero-order valence-corrected chi connectivity index (χ0v) is 23.1.